The zero-order valence-corrected chi connectivity index (χ0v) is 13.6. The maximum atomic E-state index is 13.3. The Morgan fingerprint density at radius 1 is 1.00 bits per heavy atom. The zero-order valence-electron chi connectivity index (χ0n) is 12.8. The van der Waals surface area contributed by atoms with Crippen molar-refractivity contribution < 1.29 is 14.0 Å². The van der Waals surface area contributed by atoms with E-state index in [0.29, 0.717) is 11.3 Å². The predicted octanol–water partition coefficient (Wildman–Crippen LogP) is 5.44. The summed E-state index contributed by atoms with van der Waals surface area (Å²) in [5.41, 5.74) is 4.69. The van der Waals surface area contributed by atoms with Crippen LogP contribution < -0.4 is 5.48 Å². The van der Waals surface area contributed by atoms with Gasteiger partial charge >= 0.3 is 0 Å². The van der Waals surface area contributed by atoms with Crippen LogP contribution in [0.1, 0.15) is 5.56 Å². The number of aliphatic imine (C=N–C) groups is 1. The monoisotopic (exact) mass is 354 g/mol. The number of hydrogen-bond donors (Lipinski definition) is 2. The maximum absolute atomic E-state index is 13.3. The van der Waals surface area contributed by atoms with Crippen LogP contribution >= 0.6 is 11.6 Å². The molecule has 0 fully saturated rings. The Kier molecular flexibility index (Phi) is 3.87. The van der Waals surface area contributed by atoms with E-state index in [1.165, 1.54) is 18.2 Å². The van der Waals surface area contributed by atoms with Gasteiger partial charge in [-0.3, -0.25) is 10.7 Å². The molecular formula is C19H12ClFN2O2. The Bertz CT molecular complexity index is 1120. The first-order valence-electron chi connectivity index (χ1n) is 7.51. The maximum Gasteiger partial charge on any atom is 0.157 e. The van der Waals surface area contributed by atoms with Crippen molar-refractivity contribution in [1.29, 1.82) is 0 Å². The molecule has 0 unspecified atom stereocenters. The van der Waals surface area contributed by atoms with Crippen molar-refractivity contribution in [1.82, 2.24) is 5.48 Å². The summed E-state index contributed by atoms with van der Waals surface area (Å²) in [5.74, 6) is -0.305. The topological polar surface area (TPSA) is 57.8 Å². The van der Waals surface area contributed by atoms with Gasteiger partial charge < -0.3 is 4.42 Å². The van der Waals surface area contributed by atoms with Crippen molar-refractivity contribution in [3.8, 4) is 0 Å². The Hall–Kier alpha value is -2.89. The molecule has 0 aliphatic carbocycles. The van der Waals surface area contributed by atoms with E-state index in [9.17, 15) is 9.60 Å². The summed E-state index contributed by atoms with van der Waals surface area (Å²) in [6, 6.07) is 17.3. The van der Waals surface area contributed by atoms with Crippen LogP contribution in [0.25, 0.3) is 21.9 Å². The number of halogens is 2. The summed E-state index contributed by atoms with van der Waals surface area (Å²) in [6.07, 6.45) is 0. The minimum absolute atomic E-state index is 0.0326. The lowest BCUT2D eigenvalue weighted by molar-refractivity contribution is 0.235. The minimum Gasteiger partial charge on any atom is -0.456 e. The molecule has 0 atom stereocenters. The summed E-state index contributed by atoms with van der Waals surface area (Å²) in [4.78, 5) is 4.29. The van der Waals surface area contributed by atoms with Crippen LogP contribution in [0, 0.1) is 5.82 Å². The molecule has 0 bridgehead atoms. The zero-order chi connectivity index (χ0) is 17.4. The van der Waals surface area contributed by atoms with E-state index in [0.717, 1.165) is 21.9 Å². The molecule has 25 heavy (non-hydrogen) atoms. The molecule has 0 saturated heterocycles. The average Bonchev–Trinajstić information content (AvgIpc) is 3.00. The van der Waals surface area contributed by atoms with Crippen LogP contribution in [-0.4, -0.2) is 11.0 Å². The third-order valence-corrected chi connectivity index (χ3v) is 4.19. The van der Waals surface area contributed by atoms with E-state index in [1.54, 1.807) is 6.07 Å². The van der Waals surface area contributed by atoms with Gasteiger partial charge in [0.05, 0.1) is 10.7 Å². The Morgan fingerprint density at radius 3 is 2.60 bits per heavy atom. The van der Waals surface area contributed by atoms with Gasteiger partial charge in [0.15, 0.2) is 5.84 Å². The standard InChI is InChI=1S/C19H12ClFN2O2/c20-15-10-12(6-7-16(15)21)22-19(23-24)11-5-8-18-14(9-11)13-3-1-2-4-17(13)25-18/h1-10,24H,(H,22,23). The molecular weight excluding hydrogens is 343 g/mol. The lowest BCUT2D eigenvalue weighted by Crippen LogP contribution is -2.19. The average molecular weight is 355 g/mol. The van der Waals surface area contributed by atoms with Crippen LogP contribution in [0.2, 0.25) is 5.02 Å². The summed E-state index contributed by atoms with van der Waals surface area (Å²) < 4.78 is 19.1. The molecule has 1 heterocycles. The van der Waals surface area contributed by atoms with Gasteiger partial charge in [0, 0.05) is 16.3 Å². The van der Waals surface area contributed by atoms with Gasteiger partial charge in [0.2, 0.25) is 0 Å². The molecule has 2 N–H and O–H groups in total. The normalized spacial score (nSPS) is 12.0. The van der Waals surface area contributed by atoms with Crippen molar-refractivity contribution in [2.45, 2.75) is 0 Å². The number of benzene rings is 3. The number of nitrogens with one attached hydrogen (secondary N) is 1. The van der Waals surface area contributed by atoms with Gasteiger partial charge in [-0.15, -0.1) is 0 Å². The fourth-order valence-electron chi connectivity index (χ4n) is 2.71. The summed E-state index contributed by atoms with van der Waals surface area (Å²) in [6.45, 7) is 0. The van der Waals surface area contributed by atoms with Crippen molar-refractivity contribution in [3.05, 3.63) is 77.1 Å². The molecule has 4 nitrogen and oxygen atoms in total. The lowest BCUT2D eigenvalue weighted by Gasteiger charge is -2.06. The molecule has 0 aliphatic heterocycles. The second kappa shape index (κ2) is 6.20. The van der Waals surface area contributed by atoms with E-state index in [1.807, 2.05) is 36.4 Å². The Labute approximate surface area is 147 Å². The van der Waals surface area contributed by atoms with Gasteiger partial charge in [0.1, 0.15) is 17.0 Å². The first kappa shape index (κ1) is 15.6. The third kappa shape index (κ3) is 2.84. The molecule has 0 amide bonds. The highest BCUT2D eigenvalue weighted by atomic mass is 35.5. The number of hydrogen-bond acceptors (Lipinski definition) is 3. The first-order valence-corrected chi connectivity index (χ1v) is 7.89. The smallest absolute Gasteiger partial charge is 0.157 e. The number of amidine groups is 1. The molecule has 1 aromatic heterocycles. The van der Waals surface area contributed by atoms with Gasteiger partial charge in [-0.05, 0) is 42.5 Å². The van der Waals surface area contributed by atoms with Crippen LogP contribution in [0.15, 0.2) is 70.1 Å². The van der Waals surface area contributed by atoms with Gasteiger partial charge in [-0.2, -0.15) is 0 Å². The highest BCUT2D eigenvalue weighted by molar-refractivity contribution is 6.31. The number of hydroxylamine groups is 1. The summed E-state index contributed by atoms with van der Waals surface area (Å²) in [7, 11) is 0. The highest BCUT2D eigenvalue weighted by Crippen LogP contribution is 2.29. The molecule has 124 valence electrons. The van der Waals surface area contributed by atoms with E-state index in [4.69, 9.17) is 16.0 Å². The number of fused-ring (bicyclic) bond motifs is 3. The fraction of sp³-hybridized carbons (Fsp3) is 0. The van der Waals surface area contributed by atoms with Crippen LogP contribution in [-0.2, 0) is 0 Å². The van der Waals surface area contributed by atoms with Gasteiger partial charge in [0.25, 0.3) is 0 Å². The summed E-state index contributed by atoms with van der Waals surface area (Å²) >= 11 is 5.78. The Balaban J connectivity index is 1.84. The minimum atomic E-state index is -0.523. The molecule has 6 heteroatoms. The number of rotatable bonds is 2. The molecule has 0 saturated carbocycles. The van der Waals surface area contributed by atoms with E-state index < -0.39 is 5.82 Å². The number of para-hydroxylation sites is 1. The quantitative estimate of drug-likeness (QED) is 0.286. The largest absolute Gasteiger partial charge is 0.456 e. The van der Waals surface area contributed by atoms with E-state index in [2.05, 4.69) is 10.5 Å². The Morgan fingerprint density at radius 2 is 1.80 bits per heavy atom. The van der Waals surface area contributed by atoms with Crippen LogP contribution in [0.3, 0.4) is 0 Å². The van der Waals surface area contributed by atoms with Crippen LogP contribution in [0.5, 0.6) is 0 Å². The SMILES string of the molecule is ONC(=Nc1ccc(F)c(Cl)c1)c1ccc2oc3ccccc3c2c1. The van der Waals surface area contributed by atoms with Crippen molar-refractivity contribution >= 4 is 45.1 Å². The molecule has 0 aliphatic rings. The summed E-state index contributed by atoms with van der Waals surface area (Å²) in [5, 5.41) is 11.3. The molecule has 4 rings (SSSR count). The molecule has 4 aromatic rings. The second-order valence-corrected chi connectivity index (χ2v) is 5.89. The van der Waals surface area contributed by atoms with E-state index in [-0.39, 0.29) is 10.9 Å². The van der Waals surface area contributed by atoms with Crippen molar-refractivity contribution in [3.63, 3.8) is 0 Å². The van der Waals surface area contributed by atoms with Crippen molar-refractivity contribution in [2.75, 3.05) is 0 Å². The van der Waals surface area contributed by atoms with Gasteiger partial charge in [-0.1, -0.05) is 29.8 Å². The predicted molar refractivity (Wildman–Crippen MR) is 96.2 cm³/mol. The van der Waals surface area contributed by atoms with Crippen molar-refractivity contribution in [2.24, 2.45) is 4.99 Å². The first-order chi connectivity index (χ1) is 12.2. The lowest BCUT2D eigenvalue weighted by atomic mass is 10.1. The second-order valence-electron chi connectivity index (χ2n) is 5.48. The number of nitrogens with zero attached hydrogens (tertiary/aromatic N) is 1. The molecule has 0 spiro atoms. The molecule has 3 aromatic carbocycles. The van der Waals surface area contributed by atoms with E-state index >= 15 is 0 Å². The van der Waals surface area contributed by atoms with Gasteiger partial charge in [-0.25, -0.2) is 9.38 Å². The fourth-order valence-corrected chi connectivity index (χ4v) is 2.89. The van der Waals surface area contributed by atoms with Crippen LogP contribution in [0.4, 0.5) is 10.1 Å². The number of furan rings is 1. The third-order valence-electron chi connectivity index (χ3n) is 3.90. The highest BCUT2D eigenvalue weighted by Gasteiger charge is 2.10. The molecule has 0 radical (unpaired) electrons.